The van der Waals surface area contributed by atoms with Gasteiger partial charge in [-0.3, -0.25) is 14.4 Å². The van der Waals surface area contributed by atoms with Crippen molar-refractivity contribution in [2.24, 2.45) is 5.73 Å². The summed E-state index contributed by atoms with van der Waals surface area (Å²) in [5.41, 5.74) is 5.26. The zero-order valence-electron chi connectivity index (χ0n) is 13.8. The van der Waals surface area contributed by atoms with Gasteiger partial charge < -0.3 is 35.7 Å². The average Bonchev–Trinajstić information content (AvgIpc) is 2.56. The van der Waals surface area contributed by atoms with Crippen molar-refractivity contribution in [2.45, 2.75) is 12.8 Å². The molecular formula is C14H27N3O7. The highest BCUT2D eigenvalue weighted by Gasteiger charge is 2.07. The molecule has 0 aromatic carbocycles. The Labute approximate surface area is 141 Å². The van der Waals surface area contributed by atoms with E-state index >= 15 is 0 Å². The molecule has 0 bridgehead atoms. The molecule has 0 atom stereocenters. The van der Waals surface area contributed by atoms with Crippen LogP contribution in [-0.4, -0.2) is 82.2 Å². The second kappa shape index (κ2) is 16.1. The lowest BCUT2D eigenvalue weighted by atomic mass is 10.3. The fourth-order valence-electron chi connectivity index (χ4n) is 1.44. The first-order chi connectivity index (χ1) is 11.6. The maximum Gasteiger partial charge on any atom is 0.303 e. The lowest BCUT2D eigenvalue weighted by Gasteiger charge is -2.08. The van der Waals surface area contributed by atoms with Gasteiger partial charge in [0.15, 0.2) is 0 Å². The van der Waals surface area contributed by atoms with E-state index < -0.39 is 11.9 Å². The summed E-state index contributed by atoms with van der Waals surface area (Å²) in [5.74, 6) is -1.90. The number of amides is 2. The second-order valence-electron chi connectivity index (χ2n) is 4.65. The van der Waals surface area contributed by atoms with E-state index in [1.165, 1.54) is 0 Å². The van der Waals surface area contributed by atoms with Crippen LogP contribution in [0.4, 0.5) is 0 Å². The number of ether oxygens (including phenoxy) is 3. The average molecular weight is 349 g/mol. The molecule has 10 heteroatoms. The number of carbonyl (C=O) groups excluding carboxylic acids is 2. The molecule has 2 amide bonds. The van der Waals surface area contributed by atoms with Gasteiger partial charge in [0, 0.05) is 19.5 Å². The molecule has 0 unspecified atom stereocenters. The molecule has 0 aromatic heterocycles. The van der Waals surface area contributed by atoms with Gasteiger partial charge in [-0.2, -0.15) is 0 Å². The summed E-state index contributed by atoms with van der Waals surface area (Å²) >= 11 is 0. The third-order valence-corrected chi connectivity index (χ3v) is 2.59. The molecule has 0 saturated heterocycles. The van der Waals surface area contributed by atoms with Gasteiger partial charge in [0.25, 0.3) is 0 Å². The lowest BCUT2D eigenvalue weighted by molar-refractivity contribution is -0.138. The van der Waals surface area contributed by atoms with Crippen LogP contribution in [0.1, 0.15) is 12.8 Å². The first kappa shape index (κ1) is 22.2. The molecule has 0 aromatic rings. The highest BCUT2D eigenvalue weighted by Crippen LogP contribution is 1.87. The van der Waals surface area contributed by atoms with E-state index in [0.29, 0.717) is 52.7 Å². The quantitative estimate of drug-likeness (QED) is 0.236. The van der Waals surface area contributed by atoms with Crippen LogP contribution in [0.2, 0.25) is 0 Å². The fourth-order valence-corrected chi connectivity index (χ4v) is 1.44. The van der Waals surface area contributed by atoms with Crippen LogP contribution in [-0.2, 0) is 28.6 Å². The van der Waals surface area contributed by atoms with Gasteiger partial charge in [0.1, 0.15) is 0 Å². The van der Waals surface area contributed by atoms with E-state index in [1.807, 2.05) is 0 Å². The summed E-state index contributed by atoms with van der Waals surface area (Å²) in [6.45, 7) is 3.24. The van der Waals surface area contributed by atoms with Crippen molar-refractivity contribution >= 4 is 17.8 Å². The van der Waals surface area contributed by atoms with E-state index in [1.54, 1.807) is 0 Å². The number of carbonyl (C=O) groups is 3. The van der Waals surface area contributed by atoms with Crippen LogP contribution in [0.5, 0.6) is 0 Å². The standard InChI is InChI=1S/C14H27N3O7/c15-3-5-22-7-9-24-10-8-23-6-4-16-13(19)11-17-12(18)1-2-14(20)21/h1-11,15H2,(H,16,19)(H,17,18)(H,20,21). The van der Waals surface area contributed by atoms with E-state index in [2.05, 4.69) is 10.6 Å². The first-order valence-corrected chi connectivity index (χ1v) is 7.74. The second-order valence-corrected chi connectivity index (χ2v) is 4.65. The van der Waals surface area contributed by atoms with E-state index in [-0.39, 0.29) is 25.3 Å². The SMILES string of the molecule is NCCOCCOCCOCCNC(=O)CNC(=O)CCC(=O)O. The van der Waals surface area contributed by atoms with Gasteiger partial charge in [0.2, 0.25) is 11.8 Å². The van der Waals surface area contributed by atoms with Gasteiger partial charge in [-0.15, -0.1) is 0 Å². The number of carboxylic acids is 1. The van der Waals surface area contributed by atoms with Gasteiger partial charge in [-0.05, 0) is 0 Å². The van der Waals surface area contributed by atoms with Gasteiger partial charge in [-0.25, -0.2) is 0 Å². The highest BCUT2D eigenvalue weighted by molar-refractivity contribution is 5.86. The van der Waals surface area contributed by atoms with Crippen molar-refractivity contribution in [2.75, 3.05) is 59.3 Å². The fraction of sp³-hybridized carbons (Fsp3) is 0.786. The summed E-state index contributed by atoms with van der Waals surface area (Å²) in [6, 6.07) is 0. The minimum absolute atomic E-state index is 0.150. The lowest BCUT2D eigenvalue weighted by Crippen LogP contribution is -2.38. The molecule has 5 N–H and O–H groups in total. The van der Waals surface area contributed by atoms with Crippen LogP contribution in [0.3, 0.4) is 0 Å². The first-order valence-electron chi connectivity index (χ1n) is 7.74. The Morgan fingerprint density at radius 2 is 1.38 bits per heavy atom. The normalized spacial score (nSPS) is 10.4. The molecule has 10 nitrogen and oxygen atoms in total. The van der Waals surface area contributed by atoms with Gasteiger partial charge >= 0.3 is 5.97 Å². The van der Waals surface area contributed by atoms with Crippen molar-refractivity contribution < 1.29 is 33.7 Å². The Balaban J connectivity index is 3.31. The summed E-state index contributed by atoms with van der Waals surface area (Å²) in [7, 11) is 0. The van der Waals surface area contributed by atoms with Gasteiger partial charge in [-0.1, -0.05) is 0 Å². The number of carboxylic acid groups (broad SMARTS) is 1. The molecule has 0 radical (unpaired) electrons. The third-order valence-electron chi connectivity index (χ3n) is 2.59. The number of hydrogen-bond donors (Lipinski definition) is 4. The molecule has 0 rings (SSSR count). The van der Waals surface area contributed by atoms with Crippen LogP contribution < -0.4 is 16.4 Å². The largest absolute Gasteiger partial charge is 0.481 e. The summed E-state index contributed by atoms with van der Waals surface area (Å²) in [4.78, 5) is 32.9. The summed E-state index contributed by atoms with van der Waals surface area (Å²) < 4.78 is 15.6. The van der Waals surface area contributed by atoms with Crippen molar-refractivity contribution in [3.05, 3.63) is 0 Å². The number of aliphatic carboxylic acids is 1. The molecule has 0 spiro atoms. The van der Waals surface area contributed by atoms with Crippen molar-refractivity contribution in [3.8, 4) is 0 Å². The van der Waals surface area contributed by atoms with Crippen LogP contribution in [0.15, 0.2) is 0 Å². The number of rotatable bonds is 16. The monoisotopic (exact) mass is 349 g/mol. The van der Waals surface area contributed by atoms with Crippen LogP contribution >= 0.6 is 0 Å². The number of nitrogens with two attached hydrogens (primary N) is 1. The van der Waals surface area contributed by atoms with Crippen LogP contribution in [0, 0.1) is 0 Å². The smallest absolute Gasteiger partial charge is 0.303 e. The van der Waals surface area contributed by atoms with E-state index in [9.17, 15) is 14.4 Å². The zero-order valence-corrected chi connectivity index (χ0v) is 13.8. The molecular weight excluding hydrogens is 322 g/mol. The Kier molecular flexibility index (Phi) is 14.9. The van der Waals surface area contributed by atoms with Crippen LogP contribution in [0.25, 0.3) is 0 Å². The zero-order chi connectivity index (χ0) is 18.0. The third kappa shape index (κ3) is 16.6. The molecule has 0 heterocycles. The van der Waals surface area contributed by atoms with Crippen molar-refractivity contribution in [1.29, 1.82) is 0 Å². The van der Waals surface area contributed by atoms with Gasteiger partial charge in [0.05, 0.1) is 52.6 Å². The highest BCUT2D eigenvalue weighted by atomic mass is 16.5. The van der Waals surface area contributed by atoms with E-state index in [4.69, 9.17) is 25.1 Å². The summed E-state index contributed by atoms with van der Waals surface area (Å²) in [6.07, 6.45) is -0.411. The molecule has 0 aliphatic carbocycles. The molecule has 0 fully saturated rings. The molecule has 140 valence electrons. The Morgan fingerprint density at radius 1 is 0.792 bits per heavy atom. The topological polar surface area (TPSA) is 149 Å². The maximum absolute atomic E-state index is 11.4. The number of hydrogen-bond acceptors (Lipinski definition) is 7. The molecule has 24 heavy (non-hydrogen) atoms. The molecule has 0 saturated carbocycles. The minimum Gasteiger partial charge on any atom is -0.481 e. The minimum atomic E-state index is -1.06. The predicted octanol–water partition coefficient (Wildman–Crippen LogP) is -1.91. The van der Waals surface area contributed by atoms with Crippen molar-refractivity contribution in [3.63, 3.8) is 0 Å². The van der Waals surface area contributed by atoms with Crippen molar-refractivity contribution in [1.82, 2.24) is 10.6 Å². The Hall–Kier alpha value is -1.75. The predicted molar refractivity (Wildman–Crippen MR) is 84.4 cm³/mol. The Bertz CT molecular complexity index is 366. The van der Waals surface area contributed by atoms with E-state index in [0.717, 1.165) is 0 Å². The number of nitrogens with one attached hydrogen (secondary N) is 2. The summed E-state index contributed by atoms with van der Waals surface area (Å²) in [5, 5.41) is 13.3. The molecule has 0 aliphatic heterocycles. The Morgan fingerprint density at radius 3 is 1.96 bits per heavy atom. The molecule has 0 aliphatic rings. The maximum atomic E-state index is 11.4.